The Morgan fingerprint density at radius 2 is 2.12 bits per heavy atom. The number of hydrogen-bond acceptors (Lipinski definition) is 4. The molecule has 1 saturated heterocycles. The number of benzene rings is 1. The van der Waals surface area contributed by atoms with Crippen LogP contribution in [0.5, 0.6) is 0 Å². The van der Waals surface area contributed by atoms with E-state index >= 15 is 0 Å². The molecule has 1 aromatic heterocycles. The predicted molar refractivity (Wildman–Crippen MR) is 90.4 cm³/mol. The lowest BCUT2D eigenvalue weighted by Gasteiger charge is -2.33. The zero-order chi connectivity index (χ0) is 17.9. The quantitative estimate of drug-likeness (QED) is 0.874. The van der Waals surface area contributed by atoms with Crippen molar-refractivity contribution in [2.24, 2.45) is 0 Å². The molecule has 1 fully saturated rings. The second-order valence-electron chi connectivity index (χ2n) is 6.11. The minimum atomic E-state index is -4.47. The molecular formula is C17H18ClF3N4. The fraction of sp³-hybridized carbons (Fsp3) is 0.412. The van der Waals surface area contributed by atoms with Gasteiger partial charge < -0.3 is 5.32 Å². The van der Waals surface area contributed by atoms with Crippen molar-refractivity contribution in [1.82, 2.24) is 14.9 Å². The molecular weight excluding hydrogens is 353 g/mol. The van der Waals surface area contributed by atoms with Crippen LogP contribution in [0.1, 0.15) is 24.1 Å². The van der Waals surface area contributed by atoms with Crippen LogP contribution >= 0.6 is 11.6 Å². The highest BCUT2D eigenvalue weighted by Gasteiger charge is 2.33. The van der Waals surface area contributed by atoms with Gasteiger partial charge in [-0.15, -0.1) is 0 Å². The van der Waals surface area contributed by atoms with Gasteiger partial charge in [0.15, 0.2) is 0 Å². The number of rotatable bonds is 4. The maximum atomic E-state index is 12.7. The maximum Gasteiger partial charge on any atom is 0.433 e. The van der Waals surface area contributed by atoms with Crippen molar-refractivity contribution in [3.8, 4) is 0 Å². The van der Waals surface area contributed by atoms with Crippen LogP contribution < -0.4 is 5.32 Å². The lowest BCUT2D eigenvalue weighted by molar-refractivity contribution is -0.141. The van der Waals surface area contributed by atoms with E-state index in [0.29, 0.717) is 11.6 Å². The van der Waals surface area contributed by atoms with Crippen LogP contribution in [0.25, 0.3) is 0 Å². The van der Waals surface area contributed by atoms with E-state index in [-0.39, 0.29) is 12.0 Å². The molecule has 0 bridgehead atoms. The number of anilines is 1. The predicted octanol–water partition coefficient (Wildman–Crippen LogP) is 4.23. The lowest BCUT2D eigenvalue weighted by Crippen LogP contribution is -2.42. The minimum absolute atomic E-state index is 0.0106. The van der Waals surface area contributed by atoms with Gasteiger partial charge in [0.2, 0.25) is 5.95 Å². The Morgan fingerprint density at radius 1 is 1.28 bits per heavy atom. The fourth-order valence-electron chi connectivity index (χ4n) is 2.98. The van der Waals surface area contributed by atoms with Crippen molar-refractivity contribution in [2.45, 2.75) is 31.6 Å². The number of hydrogen-bond donors (Lipinski definition) is 1. The van der Waals surface area contributed by atoms with E-state index in [0.717, 1.165) is 43.8 Å². The Hall–Kier alpha value is -1.86. The zero-order valence-corrected chi connectivity index (χ0v) is 14.2. The maximum absolute atomic E-state index is 12.7. The van der Waals surface area contributed by atoms with Gasteiger partial charge in [-0.3, -0.25) is 4.90 Å². The fourth-order valence-corrected chi connectivity index (χ4v) is 3.19. The average Bonchev–Trinajstić information content (AvgIpc) is 2.55. The first-order valence-electron chi connectivity index (χ1n) is 8.04. The van der Waals surface area contributed by atoms with Gasteiger partial charge in [0.05, 0.1) is 0 Å². The number of aromatic nitrogens is 2. The van der Waals surface area contributed by atoms with Crippen LogP contribution in [0.4, 0.5) is 19.1 Å². The van der Waals surface area contributed by atoms with E-state index in [1.54, 1.807) is 0 Å². The molecule has 4 nitrogen and oxygen atoms in total. The summed E-state index contributed by atoms with van der Waals surface area (Å²) in [6, 6.07) is 8.56. The summed E-state index contributed by atoms with van der Waals surface area (Å²) in [6.45, 7) is 2.41. The number of likely N-dealkylation sites (tertiary alicyclic amines) is 1. The molecule has 1 unspecified atom stereocenters. The molecule has 0 amide bonds. The Morgan fingerprint density at radius 3 is 2.88 bits per heavy atom. The number of alkyl halides is 3. The highest BCUT2D eigenvalue weighted by atomic mass is 35.5. The van der Waals surface area contributed by atoms with Crippen LogP contribution in [0.3, 0.4) is 0 Å². The van der Waals surface area contributed by atoms with E-state index in [2.05, 4.69) is 20.2 Å². The molecule has 134 valence electrons. The summed E-state index contributed by atoms with van der Waals surface area (Å²) in [6.07, 6.45) is -1.52. The third-order valence-corrected chi connectivity index (χ3v) is 4.32. The Kier molecular flexibility index (Phi) is 5.44. The van der Waals surface area contributed by atoms with Gasteiger partial charge in [0.1, 0.15) is 5.69 Å². The van der Waals surface area contributed by atoms with Gasteiger partial charge in [-0.05, 0) is 43.1 Å². The van der Waals surface area contributed by atoms with Gasteiger partial charge in [-0.1, -0.05) is 23.7 Å². The topological polar surface area (TPSA) is 41.1 Å². The molecule has 2 heterocycles. The molecule has 1 N–H and O–H groups in total. The Balaban J connectivity index is 1.62. The summed E-state index contributed by atoms with van der Waals surface area (Å²) in [5.74, 6) is 0.0180. The molecule has 1 aliphatic heterocycles. The molecule has 0 radical (unpaired) electrons. The van der Waals surface area contributed by atoms with Crippen LogP contribution in [0.2, 0.25) is 5.02 Å². The third kappa shape index (κ3) is 5.06. The summed E-state index contributed by atoms with van der Waals surface area (Å²) < 4.78 is 38.2. The van der Waals surface area contributed by atoms with Gasteiger partial charge in [-0.25, -0.2) is 9.97 Å². The van der Waals surface area contributed by atoms with Crippen LogP contribution in [0, 0.1) is 0 Å². The van der Waals surface area contributed by atoms with Crippen LogP contribution in [-0.2, 0) is 12.7 Å². The Bertz CT molecular complexity index is 723. The molecule has 1 atom stereocenters. The second kappa shape index (κ2) is 7.58. The van der Waals surface area contributed by atoms with E-state index in [9.17, 15) is 13.2 Å². The van der Waals surface area contributed by atoms with Crippen molar-refractivity contribution in [3.05, 3.63) is 52.8 Å². The van der Waals surface area contributed by atoms with E-state index in [1.165, 1.54) is 0 Å². The standard InChI is InChI=1S/C17H18ClF3N4/c18-13-4-1-3-12(9-13)10-25-8-2-5-14(11-25)23-16-22-7-6-15(24-16)17(19,20)21/h1,3-4,6-7,9,14H,2,5,8,10-11H2,(H,22,23,24). The molecule has 0 spiro atoms. The summed E-state index contributed by atoms with van der Waals surface area (Å²) in [5, 5.41) is 3.73. The highest BCUT2D eigenvalue weighted by Crippen LogP contribution is 2.28. The highest BCUT2D eigenvalue weighted by molar-refractivity contribution is 6.30. The van der Waals surface area contributed by atoms with Gasteiger partial charge in [0.25, 0.3) is 0 Å². The summed E-state index contributed by atoms with van der Waals surface area (Å²) >= 11 is 6.01. The molecule has 25 heavy (non-hydrogen) atoms. The molecule has 3 rings (SSSR count). The molecule has 8 heteroatoms. The van der Waals surface area contributed by atoms with Crippen molar-refractivity contribution >= 4 is 17.5 Å². The zero-order valence-electron chi connectivity index (χ0n) is 13.4. The summed E-state index contributed by atoms with van der Waals surface area (Å²) in [5.41, 5.74) is 0.181. The van der Waals surface area contributed by atoms with Gasteiger partial charge >= 0.3 is 6.18 Å². The number of nitrogens with one attached hydrogen (secondary N) is 1. The van der Waals surface area contributed by atoms with Crippen LogP contribution in [-0.4, -0.2) is 34.0 Å². The number of nitrogens with zero attached hydrogens (tertiary/aromatic N) is 3. The SMILES string of the molecule is FC(F)(F)c1ccnc(NC2CCCN(Cc3cccc(Cl)c3)C2)n1. The minimum Gasteiger partial charge on any atom is -0.350 e. The molecule has 1 aromatic carbocycles. The monoisotopic (exact) mass is 370 g/mol. The van der Waals surface area contributed by atoms with Crippen molar-refractivity contribution in [3.63, 3.8) is 0 Å². The first kappa shape index (κ1) is 17.9. The van der Waals surface area contributed by atoms with Crippen LogP contribution in [0.15, 0.2) is 36.5 Å². The van der Waals surface area contributed by atoms with E-state index in [1.807, 2.05) is 24.3 Å². The number of piperidine rings is 1. The van der Waals surface area contributed by atoms with Crippen molar-refractivity contribution in [1.29, 1.82) is 0 Å². The average molecular weight is 371 g/mol. The molecule has 2 aromatic rings. The number of halogens is 4. The van der Waals surface area contributed by atoms with Gasteiger partial charge in [0, 0.05) is 30.4 Å². The first-order chi connectivity index (χ1) is 11.9. The summed E-state index contributed by atoms with van der Waals surface area (Å²) in [7, 11) is 0. The largest absolute Gasteiger partial charge is 0.433 e. The third-order valence-electron chi connectivity index (χ3n) is 4.08. The molecule has 0 aliphatic carbocycles. The molecule has 1 aliphatic rings. The summed E-state index contributed by atoms with van der Waals surface area (Å²) in [4.78, 5) is 9.74. The van der Waals surface area contributed by atoms with Crippen molar-refractivity contribution < 1.29 is 13.2 Å². The van der Waals surface area contributed by atoms with Gasteiger partial charge in [-0.2, -0.15) is 13.2 Å². The van der Waals surface area contributed by atoms with E-state index < -0.39 is 11.9 Å². The van der Waals surface area contributed by atoms with Crippen molar-refractivity contribution in [2.75, 3.05) is 18.4 Å². The van der Waals surface area contributed by atoms with E-state index in [4.69, 9.17) is 11.6 Å². The Labute approximate surface area is 149 Å². The lowest BCUT2D eigenvalue weighted by atomic mass is 10.0. The molecule has 0 saturated carbocycles. The first-order valence-corrected chi connectivity index (χ1v) is 8.41. The smallest absolute Gasteiger partial charge is 0.350 e. The second-order valence-corrected chi connectivity index (χ2v) is 6.55. The normalized spacial score (nSPS) is 19.0.